The summed E-state index contributed by atoms with van der Waals surface area (Å²) in [5.74, 6) is -4.70. The van der Waals surface area contributed by atoms with Gasteiger partial charge in [0.05, 0.1) is 24.1 Å². The van der Waals surface area contributed by atoms with Crippen molar-refractivity contribution >= 4 is 11.8 Å². The van der Waals surface area contributed by atoms with Gasteiger partial charge in [-0.05, 0) is 26.0 Å². The lowest BCUT2D eigenvalue weighted by Gasteiger charge is -2.18. The van der Waals surface area contributed by atoms with E-state index in [0.29, 0.717) is 5.75 Å². The van der Waals surface area contributed by atoms with Gasteiger partial charge in [0.15, 0.2) is 0 Å². The third-order valence-corrected chi connectivity index (χ3v) is 3.72. The Morgan fingerprint density at radius 1 is 1.33 bits per heavy atom. The number of carbonyl (C=O) groups is 2. The van der Waals surface area contributed by atoms with Gasteiger partial charge in [-0.1, -0.05) is 0 Å². The highest BCUT2D eigenvalue weighted by atomic mass is 19.4. The number of alkyl halides is 3. The van der Waals surface area contributed by atoms with Crippen LogP contribution >= 0.6 is 0 Å². The van der Waals surface area contributed by atoms with Gasteiger partial charge >= 0.3 is 6.18 Å². The zero-order valence-electron chi connectivity index (χ0n) is 13.2. The Morgan fingerprint density at radius 3 is 2.42 bits per heavy atom. The molecule has 0 aliphatic carbocycles. The maximum Gasteiger partial charge on any atom is 0.394 e. The molecule has 9 heteroatoms. The van der Waals surface area contributed by atoms with Gasteiger partial charge in [0.1, 0.15) is 11.4 Å². The molecular weight excluding hydrogens is 327 g/mol. The molecule has 1 aliphatic rings. The minimum atomic E-state index is -4.60. The number of carbonyl (C=O) groups excluding carboxylic acids is 2. The van der Waals surface area contributed by atoms with Crippen molar-refractivity contribution in [3.05, 3.63) is 24.0 Å². The van der Waals surface area contributed by atoms with E-state index >= 15 is 0 Å². The predicted molar refractivity (Wildman–Crippen MR) is 78.1 cm³/mol. The molecule has 1 fully saturated rings. The summed E-state index contributed by atoms with van der Waals surface area (Å²) < 4.78 is 44.4. The second-order valence-electron chi connectivity index (χ2n) is 5.91. The van der Waals surface area contributed by atoms with E-state index in [1.807, 2.05) is 13.8 Å². The zero-order valence-corrected chi connectivity index (χ0v) is 13.2. The zero-order chi connectivity index (χ0) is 18.1. The van der Waals surface area contributed by atoms with E-state index in [2.05, 4.69) is 4.98 Å². The number of ether oxygens (including phenoxy) is 1. The van der Waals surface area contributed by atoms with Crippen LogP contribution in [0.4, 0.5) is 13.2 Å². The van der Waals surface area contributed by atoms with Crippen molar-refractivity contribution in [2.24, 2.45) is 17.6 Å². The molecule has 2 N–H and O–H groups in total. The summed E-state index contributed by atoms with van der Waals surface area (Å²) in [6, 6.07) is 2.89. The number of likely N-dealkylation sites (tertiary alicyclic amines) is 1. The molecule has 1 aromatic rings. The van der Waals surface area contributed by atoms with Crippen LogP contribution in [0.1, 0.15) is 24.3 Å². The minimum absolute atomic E-state index is 0.0165. The lowest BCUT2D eigenvalue weighted by molar-refractivity contribution is -0.182. The number of aromatic nitrogens is 1. The fourth-order valence-electron chi connectivity index (χ4n) is 2.60. The maximum atomic E-state index is 13.0. The van der Waals surface area contributed by atoms with Crippen molar-refractivity contribution in [1.82, 2.24) is 9.88 Å². The molecule has 6 nitrogen and oxygen atoms in total. The molecule has 1 saturated heterocycles. The minimum Gasteiger partial charge on any atom is -0.489 e. The molecule has 2 atom stereocenters. The fraction of sp³-hybridized carbons (Fsp3) is 0.533. The van der Waals surface area contributed by atoms with Crippen molar-refractivity contribution in [1.29, 1.82) is 0 Å². The molecule has 2 heterocycles. The van der Waals surface area contributed by atoms with Crippen LogP contribution in [0.5, 0.6) is 5.75 Å². The normalized spacial score (nSPS) is 21.2. The molecule has 0 saturated carbocycles. The average molecular weight is 345 g/mol. The Labute approximate surface area is 136 Å². The summed E-state index contributed by atoms with van der Waals surface area (Å²) in [4.78, 5) is 28.5. The summed E-state index contributed by atoms with van der Waals surface area (Å²) >= 11 is 0. The van der Waals surface area contributed by atoms with Crippen molar-refractivity contribution < 1.29 is 27.5 Å². The second-order valence-corrected chi connectivity index (χ2v) is 5.91. The summed E-state index contributed by atoms with van der Waals surface area (Å²) in [7, 11) is 0. The number of nitrogens with two attached hydrogens (primary N) is 1. The molecule has 0 aromatic carbocycles. The van der Waals surface area contributed by atoms with Gasteiger partial charge in [-0.25, -0.2) is 4.98 Å². The molecule has 0 radical (unpaired) electrons. The maximum absolute atomic E-state index is 13.0. The Kier molecular flexibility index (Phi) is 5.00. The van der Waals surface area contributed by atoms with Crippen molar-refractivity contribution in [2.75, 3.05) is 13.1 Å². The van der Waals surface area contributed by atoms with Crippen LogP contribution in [-0.4, -0.2) is 47.1 Å². The standard InChI is InChI=1S/C15H18F3N3O3/c1-8(2)24-9-3-4-12(20-5-9)14(23)21-6-10(13(19)22)11(7-21)15(16,17)18/h3-5,8,10-11H,6-7H2,1-2H3,(H2,19,22)/t10-,11-/m1/s1. The molecular formula is C15H18F3N3O3. The van der Waals surface area contributed by atoms with E-state index in [9.17, 15) is 22.8 Å². The van der Waals surface area contributed by atoms with Gasteiger partial charge in [0.2, 0.25) is 5.91 Å². The monoisotopic (exact) mass is 345 g/mol. The Morgan fingerprint density at radius 2 is 2.00 bits per heavy atom. The van der Waals surface area contributed by atoms with E-state index < -0.39 is 36.4 Å². The molecule has 1 aromatic heterocycles. The SMILES string of the molecule is CC(C)Oc1ccc(C(=O)N2C[C@@H](C(F)(F)F)[C@H](C(N)=O)C2)nc1. The van der Waals surface area contributed by atoms with Crippen LogP contribution in [0, 0.1) is 11.8 Å². The van der Waals surface area contributed by atoms with Crippen LogP contribution in [-0.2, 0) is 4.79 Å². The number of halogens is 3. The number of nitrogens with zero attached hydrogens (tertiary/aromatic N) is 2. The number of pyridine rings is 1. The van der Waals surface area contributed by atoms with Gasteiger partial charge in [0.25, 0.3) is 5.91 Å². The molecule has 0 unspecified atom stereocenters. The average Bonchev–Trinajstić information content (AvgIpc) is 2.92. The molecule has 1 aliphatic heterocycles. The molecule has 132 valence electrons. The van der Waals surface area contributed by atoms with Gasteiger partial charge in [-0.2, -0.15) is 13.2 Å². The van der Waals surface area contributed by atoms with Crippen molar-refractivity contribution in [3.8, 4) is 5.75 Å². The highest BCUT2D eigenvalue weighted by Crippen LogP contribution is 2.37. The van der Waals surface area contributed by atoms with E-state index in [1.165, 1.54) is 18.3 Å². The van der Waals surface area contributed by atoms with Crippen molar-refractivity contribution in [3.63, 3.8) is 0 Å². The number of hydrogen-bond donors (Lipinski definition) is 1. The number of hydrogen-bond acceptors (Lipinski definition) is 4. The Bertz CT molecular complexity index is 617. The van der Waals surface area contributed by atoms with Gasteiger partial charge in [-0.3, -0.25) is 9.59 Å². The van der Waals surface area contributed by atoms with Gasteiger partial charge in [-0.15, -0.1) is 0 Å². The molecule has 0 bridgehead atoms. The Hall–Kier alpha value is -2.32. The molecule has 2 rings (SSSR count). The largest absolute Gasteiger partial charge is 0.489 e. The summed E-state index contributed by atoms with van der Waals surface area (Å²) in [5.41, 5.74) is 5.03. The highest BCUT2D eigenvalue weighted by molar-refractivity contribution is 5.93. The highest BCUT2D eigenvalue weighted by Gasteiger charge is 2.52. The molecule has 0 spiro atoms. The van der Waals surface area contributed by atoms with Gasteiger partial charge in [0, 0.05) is 13.1 Å². The van der Waals surface area contributed by atoms with Crippen LogP contribution in [0.3, 0.4) is 0 Å². The van der Waals surface area contributed by atoms with E-state index in [1.54, 1.807) is 0 Å². The Balaban J connectivity index is 2.14. The first-order valence-electron chi connectivity index (χ1n) is 7.37. The summed E-state index contributed by atoms with van der Waals surface area (Å²) in [5, 5.41) is 0. The first-order valence-corrected chi connectivity index (χ1v) is 7.37. The fourth-order valence-corrected chi connectivity index (χ4v) is 2.60. The second kappa shape index (κ2) is 6.66. The smallest absolute Gasteiger partial charge is 0.394 e. The molecule has 2 amide bonds. The van der Waals surface area contributed by atoms with Gasteiger partial charge < -0.3 is 15.4 Å². The van der Waals surface area contributed by atoms with Crippen LogP contribution < -0.4 is 10.5 Å². The predicted octanol–water partition coefficient (Wildman–Crippen LogP) is 1.60. The van der Waals surface area contributed by atoms with E-state index in [0.717, 1.165) is 4.90 Å². The lowest BCUT2D eigenvalue weighted by Crippen LogP contribution is -2.37. The number of rotatable bonds is 4. The van der Waals surface area contributed by atoms with E-state index in [4.69, 9.17) is 10.5 Å². The first-order chi connectivity index (χ1) is 11.1. The quantitative estimate of drug-likeness (QED) is 0.898. The first kappa shape index (κ1) is 18.0. The summed E-state index contributed by atoms with van der Waals surface area (Å²) in [6.07, 6.45) is -3.34. The number of primary amides is 1. The van der Waals surface area contributed by atoms with Crippen molar-refractivity contribution in [2.45, 2.75) is 26.1 Å². The van der Waals surface area contributed by atoms with Crippen LogP contribution in [0.15, 0.2) is 18.3 Å². The third kappa shape index (κ3) is 3.95. The number of amides is 2. The topological polar surface area (TPSA) is 85.5 Å². The van der Waals surface area contributed by atoms with Crippen LogP contribution in [0.2, 0.25) is 0 Å². The van der Waals surface area contributed by atoms with Crippen LogP contribution in [0.25, 0.3) is 0 Å². The van der Waals surface area contributed by atoms with E-state index in [-0.39, 0.29) is 18.3 Å². The molecule has 24 heavy (non-hydrogen) atoms. The lowest BCUT2D eigenvalue weighted by atomic mass is 9.95. The summed E-state index contributed by atoms with van der Waals surface area (Å²) in [6.45, 7) is 2.67. The third-order valence-electron chi connectivity index (χ3n) is 3.72.